The third-order valence-corrected chi connectivity index (χ3v) is 5.17. The van der Waals surface area contributed by atoms with Crippen LogP contribution in [-0.2, 0) is 11.2 Å². The largest absolute Gasteiger partial charge is 0.496 e. The summed E-state index contributed by atoms with van der Waals surface area (Å²) in [6.07, 6.45) is 4.30. The number of nitrogens with one attached hydrogen (secondary N) is 1. The number of hydrogen-bond donors (Lipinski definition) is 1. The molecule has 0 fully saturated rings. The van der Waals surface area contributed by atoms with E-state index < -0.39 is 0 Å². The molecular weight excluding hydrogens is 358 g/mol. The molecule has 5 nitrogen and oxygen atoms in total. The fourth-order valence-corrected chi connectivity index (χ4v) is 3.66. The Labute approximate surface area is 161 Å². The van der Waals surface area contributed by atoms with Crippen LogP contribution in [-0.4, -0.2) is 22.4 Å². The minimum absolute atomic E-state index is 0.0591. The number of fused-ring (bicyclic) bond motifs is 1. The maximum absolute atomic E-state index is 12.3. The van der Waals surface area contributed by atoms with Crippen molar-refractivity contribution in [3.05, 3.63) is 71.4 Å². The summed E-state index contributed by atoms with van der Waals surface area (Å²) in [7, 11) is 1.64. The third-order valence-electron chi connectivity index (χ3n) is 4.39. The maximum Gasteiger partial charge on any atom is 0.228 e. The maximum atomic E-state index is 12.3. The molecule has 136 valence electrons. The van der Waals surface area contributed by atoms with Gasteiger partial charge in [0.2, 0.25) is 5.91 Å². The second-order valence-electron chi connectivity index (χ2n) is 6.33. The van der Waals surface area contributed by atoms with E-state index in [0.29, 0.717) is 6.42 Å². The van der Waals surface area contributed by atoms with Crippen LogP contribution in [0.15, 0.2) is 60.2 Å². The lowest BCUT2D eigenvalue weighted by atomic mass is 10.1. The first-order valence-electron chi connectivity index (χ1n) is 8.58. The second-order valence-corrected chi connectivity index (χ2v) is 7.20. The Morgan fingerprint density at radius 3 is 2.78 bits per heavy atom. The first kappa shape index (κ1) is 17.3. The Bertz CT molecular complexity index is 1070. The molecule has 0 radical (unpaired) electrons. The summed E-state index contributed by atoms with van der Waals surface area (Å²) < 4.78 is 7.32. The summed E-state index contributed by atoms with van der Waals surface area (Å²) >= 11 is 1.60. The smallest absolute Gasteiger partial charge is 0.228 e. The zero-order valence-electron chi connectivity index (χ0n) is 15.1. The zero-order valence-corrected chi connectivity index (χ0v) is 15.9. The van der Waals surface area contributed by atoms with Gasteiger partial charge < -0.3 is 10.1 Å². The summed E-state index contributed by atoms with van der Waals surface area (Å²) in [6.45, 7) is 1.98. The molecule has 0 aliphatic rings. The van der Waals surface area contributed by atoms with Gasteiger partial charge in [-0.1, -0.05) is 24.3 Å². The van der Waals surface area contributed by atoms with Crippen LogP contribution < -0.4 is 10.1 Å². The average molecular weight is 377 g/mol. The highest BCUT2D eigenvalue weighted by molar-refractivity contribution is 7.15. The Balaban J connectivity index is 1.43. The number of benzene rings is 2. The predicted octanol–water partition coefficient (Wildman–Crippen LogP) is 4.56. The molecule has 0 saturated carbocycles. The average Bonchev–Trinajstić information content (AvgIpc) is 3.26. The van der Waals surface area contributed by atoms with Crippen LogP contribution in [0, 0.1) is 6.92 Å². The minimum Gasteiger partial charge on any atom is -0.496 e. The van der Waals surface area contributed by atoms with Gasteiger partial charge in [-0.05, 0) is 36.2 Å². The van der Waals surface area contributed by atoms with Crippen molar-refractivity contribution >= 4 is 27.9 Å². The SMILES string of the molecule is COc1cc(CC(=O)Nc2ccc(-c3cn4ccsc4n3)cc2)ccc1C. The van der Waals surface area contributed by atoms with Crippen LogP contribution in [0.4, 0.5) is 5.69 Å². The van der Waals surface area contributed by atoms with Crippen molar-refractivity contribution in [1.29, 1.82) is 0 Å². The van der Waals surface area contributed by atoms with E-state index in [0.717, 1.165) is 38.8 Å². The monoisotopic (exact) mass is 377 g/mol. The number of hydrogen-bond acceptors (Lipinski definition) is 4. The normalized spacial score (nSPS) is 10.9. The molecule has 4 aromatic rings. The van der Waals surface area contributed by atoms with Gasteiger partial charge >= 0.3 is 0 Å². The predicted molar refractivity (Wildman–Crippen MR) is 109 cm³/mol. The highest BCUT2D eigenvalue weighted by Gasteiger charge is 2.08. The van der Waals surface area contributed by atoms with Gasteiger partial charge in [-0.15, -0.1) is 11.3 Å². The number of rotatable bonds is 5. The van der Waals surface area contributed by atoms with Gasteiger partial charge in [0.05, 0.1) is 19.2 Å². The molecule has 0 aliphatic carbocycles. The van der Waals surface area contributed by atoms with E-state index in [4.69, 9.17) is 4.74 Å². The van der Waals surface area contributed by atoms with Crippen molar-refractivity contribution in [1.82, 2.24) is 9.38 Å². The second kappa shape index (κ2) is 7.25. The molecule has 4 rings (SSSR count). The minimum atomic E-state index is -0.0591. The van der Waals surface area contributed by atoms with Crippen LogP contribution in [0.3, 0.4) is 0 Å². The van der Waals surface area contributed by atoms with Crippen molar-refractivity contribution in [3.63, 3.8) is 0 Å². The number of carbonyl (C=O) groups excluding carboxylic acids is 1. The van der Waals surface area contributed by atoms with Crippen molar-refractivity contribution in [2.45, 2.75) is 13.3 Å². The van der Waals surface area contributed by atoms with Gasteiger partial charge in [-0.3, -0.25) is 9.20 Å². The standard InChI is InChI=1S/C21H19N3O2S/c1-14-3-4-15(11-19(14)26-2)12-20(25)22-17-7-5-16(6-8-17)18-13-24-9-10-27-21(24)23-18/h3-11,13H,12H2,1-2H3,(H,22,25). The molecule has 2 aromatic heterocycles. The van der Waals surface area contributed by atoms with E-state index in [9.17, 15) is 4.79 Å². The van der Waals surface area contributed by atoms with Crippen LogP contribution in [0.1, 0.15) is 11.1 Å². The highest BCUT2D eigenvalue weighted by Crippen LogP contribution is 2.23. The first-order chi connectivity index (χ1) is 13.1. The topological polar surface area (TPSA) is 55.6 Å². The summed E-state index contributed by atoms with van der Waals surface area (Å²) in [6, 6.07) is 13.6. The molecule has 1 N–H and O–H groups in total. The Hall–Kier alpha value is -3.12. The Morgan fingerprint density at radius 2 is 2.04 bits per heavy atom. The molecule has 0 atom stereocenters. The van der Waals surface area contributed by atoms with Crippen LogP contribution >= 0.6 is 11.3 Å². The molecule has 0 bridgehead atoms. The number of anilines is 1. The number of aromatic nitrogens is 2. The number of ether oxygens (including phenoxy) is 1. The van der Waals surface area contributed by atoms with Crippen molar-refractivity contribution in [2.75, 3.05) is 12.4 Å². The summed E-state index contributed by atoms with van der Waals surface area (Å²) in [5.74, 6) is 0.737. The van der Waals surface area contributed by atoms with Gasteiger partial charge in [0, 0.05) is 29.0 Å². The molecule has 6 heteroatoms. The first-order valence-corrected chi connectivity index (χ1v) is 9.46. The summed E-state index contributed by atoms with van der Waals surface area (Å²) in [5.41, 5.74) is 4.68. The lowest BCUT2D eigenvalue weighted by molar-refractivity contribution is -0.115. The lowest BCUT2D eigenvalue weighted by Gasteiger charge is -2.09. The molecule has 27 heavy (non-hydrogen) atoms. The van der Waals surface area contributed by atoms with E-state index in [-0.39, 0.29) is 5.91 Å². The van der Waals surface area contributed by atoms with E-state index in [1.807, 2.05) is 71.6 Å². The molecule has 2 aromatic carbocycles. The Kier molecular flexibility index (Phi) is 4.64. The molecule has 0 aliphatic heterocycles. The van der Waals surface area contributed by atoms with E-state index >= 15 is 0 Å². The number of methoxy groups -OCH3 is 1. The summed E-state index contributed by atoms with van der Waals surface area (Å²) in [4.78, 5) is 17.9. The van der Waals surface area contributed by atoms with Crippen LogP contribution in [0.5, 0.6) is 5.75 Å². The zero-order chi connectivity index (χ0) is 18.8. The van der Waals surface area contributed by atoms with Crippen LogP contribution in [0.2, 0.25) is 0 Å². The van der Waals surface area contributed by atoms with Gasteiger partial charge in [-0.2, -0.15) is 0 Å². The van der Waals surface area contributed by atoms with Gasteiger partial charge in [0.25, 0.3) is 0 Å². The summed E-state index contributed by atoms with van der Waals surface area (Å²) in [5, 5.41) is 4.95. The molecule has 0 saturated heterocycles. The number of aryl methyl sites for hydroxylation is 1. The third kappa shape index (κ3) is 3.71. The van der Waals surface area contributed by atoms with Crippen molar-refractivity contribution in [2.24, 2.45) is 0 Å². The quantitative estimate of drug-likeness (QED) is 0.555. The van der Waals surface area contributed by atoms with Crippen molar-refractivity contribution < 1.29 is 9.53 Å². The number of nitrogens with zero attached hydrogens (tertiary/aromatic N) is 2. The van der Waals surface area contributed by atoms with E-state index in [2.05, 4.69) is 10.3 Å². The van der Waals surface area contributed by atoms with Gasteiger partial charge in [-0.25, -0.2) is 4.98 Å². The molecular formula is C21H19N3O2S. The lowest BCUT2D eigenvalue weighted by Crippen LogP contribution is -2.14. The number of amides is 1. The number of imidazole rings is 1. The van der Waals surface area contributed by atoms with Crippen LogP contribution in [0.25, 0.3) is 16.2 Å². The van der Waals surface area contributed by atoms with Gasteiger partial charge in [0.15, 0.2) is 4.96 Å². The molecule has 1 amide bonds. The van der Waals surface area contributed by atoms with Gasteiger partial charge in [0.1, 0.15) is 5.75 Å². The fourth-order valence-electron chi connectivity index (χ4n) is 2.96. The van der Waals surface area contributed by atoms with E-state index in [1.165, 1.54) is 0 Å². The Morgan fingerprint density at radius 1 is 1.22 bits per heavy atom. The highest BCUT2D eigenvalue weighted by atomic mass is 32.1. The molecule has 2 heterocycles. The van der Waals surface area contributed by atoms with Crippen molar-refractivity contribution in [3.8, 4) is 17.0 Å². The van der Waals surface area contributed by atoms with E-state index in [1.54, 1.807) is 18.4 Å². The number of thiazole rings is 1. The molecule has 0 spiro atoms. The molecule has 0 unspecified atom stereocenters. The number of carbonyl (C=O) groups is 1. The fraction of sp³-hybridized carbons (Fsp3) is 0.143.